The summed E-state index contributed by atoms with van der Waals surface area (Å²) in [6, 6.07) is 6.75. The summed E-state index contributed by atoms with van der Waals surface area (Å²) in [5.41, 5.74) is 0.425. The number of halogens is 1. The first-order valence-corrected chi connectivity index (χ1v) is 6.22. The van der Waals surface area contributed by atoms with E-state index in [0.717, 1.165) is 4.47 Å². The Morgan fingerprint density at radius 2 is 2.05 bits per heavy atom. The average Bonchev–Trinajstić information content (AvgIpc) is 2.41. The molecule has 6 nitrogen and oxygen atoms in total. The van der Waals surface area contributed by atoms with Crippen LogP contribution in [0.1, 0.15) is 10.4 Å². The molecule has 0 aliphatic carbocycles. The van der Waals surface area contributed by atoms with E-state index in [9.17, 15) is 14.4 Å². The molecule has 0 fully saturated rings. The van der Waals surface area contributed by atoms with E-state index >= 15 is 0 Å². The number of ether oxygens (including phenoxy) is 1. The molecule has 2 N–H and O–H groups in total. The van der Waals surface area contributed by atoms with Crippen molar-refractivity contribution in [2.75, 3.05) is 20.2 Å². The van der Waals surface area contributed by atoms with Crippen LogP contribution in [0.4, 0.5) is 0 Å². The van der Waals surface area contributed by atoms with E-state index < -0.39 is 17.8 Å². The smallest absolute Gasteiger partial charge is 0.325 e. The Labute approximate surface area is 118 Å². The van der Waals surface area contributed by atoms with Gasteiger partial charge in [-0.25, -0.2) is 0 Å². The van der Waals surface area contributed by atoms with Crippen LogP contribution < -0.4 is 10.6 Å². The lowest BCUT2D eigenvalue weighted by Gasteiger charge is -2.06. The summed E-state index contributed by atoms with van der Waals surface area (Å²) in [7, 11) is 1.44. The van der Waals surface area contributed by atoms with Crippen LogP contribution in [-0.2, 0) is 14.3 Å². The van der Waals surface area contributed by atoms with Crippen molar-refractivity contribution in [3.05, 3.63) is 34.3 Å². The molecule has 1 aromatic carbocycles. The second kappa shape index (κ2) is 7.52. The lowest BCUT2D eigenvalue weighted by Crippen LogP contribution is -2.33. The zero-order valence-corrected chi connectivity index (χ0v) is 11.8. The molecule has 0 saturated carbocycles. The summed E-state index contributed by atoms with van der Waals surface area (Å²) in [5.74, 6) is -1.48. The standard InChI is InChI=1S/C12H13BrN2O4/c1-14-10(16)7-19-11(17)6-15-12(18)8-3-2-4-9(13)5-8/h2-5H,6-7H2,1H3,(H,14,16)(H,15,18). The van der Waals surface area contributed by atoms with Crippen LogP contribution in [-0.4, -0.2) is 38.0 Å². The largest absolute Gasteiger partial charge is 0.454 e. The SMILES string of the molecule is CNC(=O)COC(=O)CNC(=O)c1cccc(Br)c1. The van der Waals surface area contributed by atoms with Crippen molar-refractivity contribution in [1.29, 1.82) is 0 Å². The van der Waals surface area contributed by atoms with E-state index in [-0.39, 0.29) is 13.2 Å². The minimum atomic E-state index is -0.674. The summed E-state index contributed by atoms with van der Waals surface area (Å²) >= 11 is 3.24. The number of benzene rings is 1. The lowest BCUT2D eigenvalue weighted by molar-refractivity contribution is -0.147. The molecule has 0 aliphatic heterocycles. The van der Waals surface area contributed by atoms with E-state index in [2.05, 4.69) is 31.3 Å². The highest BCUT2D eigenvalue weighted by molar-refractivity contribution is 9.10. The summed E-state index contributed by atoms with van der Waals surface area (Å²) in [4.78, 5) is 33.7. The second-order valence-corrected chi connectivity index (χ2v) is 4.44. The molecule has 0 radical (unpaired) electrons. The van der Waals surface area contributed by atoms with Crippen LogP contribution in [0.15, 0.2) is 28.7 Å². The Morgan fingerprint density at radius 3 is 2.68 bits per heavy atom. The number of rotatable bonds is 5. The van der Waals surface area contributed by atoms with Gasteiger partial charge < -0.3 is 15.4 Å². The first kappa shape index (κ1) is 15.2. The van der Waals surface area contributed by atoms with E-state index in [4.69, 9.17) is 0 Å². The predicted octanol–water partition coefficient (Wildman–Crippen LogP) is 0.468. The van der Waals surface area contributed by atoms with Gasteiger partial charge in [-0.1, -0.05) is 22.0 Å². The molecule has 102 valence electrons. The monoisotopic (exact) mass is 328 g/mol. The van der Waals surface area contributed by atoms with Crippen LogP contribution in [0, 0.1) is 0 Å². The number of carbonyl (C=O) groups excluding carboxylic acids is 3. The van der Waals surface area contributed by atoms with Crippen molar-refractivity contribution < 1.29 is 19.1 Å². The molecule has 19 heavy (non-hydrogen) atoms. The predicted molar refractivity (Wildman–Crippen MR) is 71.5 cm³/mol. The molecule has 7 heteroatoms. The average molecular weight is 329 g/mol. The zero-order chi connectivity index (χ0) is 14.3. The first-order chi connectivity index (χ1) is 9.02. The molecule has 0 spiro atoms. The maximum Gasteiger partial charge on any atom is 0.325 e. The van der Waals surface area contributed by atoms with E-state index in [1.807, 2.05) is 0 Å². The molecule has 1 aromatic rings. The highest BCUT2D eigenvalue weighted by Crippen LogP contribution is 2.11. The minimum Gasteiger partial charge on any atom is -0.454 e. The van der Waals surface area contributed by atoms with Gasteiger partial charge in [-0.2, -0.15) is 0 Å². The van der Waals surface area contributed by atoms with Gasteiger partial charge in [0.15, 0.2) is 6.61 Å². The highest BCUT2D eigenvalue weighted by atomic mass is 79.9. The normalized spacial score (nSPS) is 9.58. The van der Waals surface area contributed by atoms with Crippen molar-refractivity contribution >= 4 is 33.7 Å². The first-order valence-electron chi connectivity index (χ1n) is 5.43. The van der Waals surface area contributed by atoms with E-state index in [1.165, 1.54) is 7.05 Å². The Kier molecular flexibility index (Phi) is 6.01. The van der Waals surface area contributed by atoms with Gasteiger partial charge in [0.2, 0.25) is 0 Å². The van der Waals surface area contributed by atoms with Crippen LogP contribution in [0.25, 0.3) is 0 Å². The number of esters is 1. The molecule has 0 bridgehead atoms. The van der Waals surface area contributed by atoms with Crippen molar-refractivity contribution in [2.45, 2.75) is 0 Å². The molecule has 2 amide bonds. The van der Waals surface area contributed by atoms with Crippen molar-refractivity contribution in [2.24, 2.45) is 0 Å². The summed E-state index contributed by atoms with van der Waals surface area (Å²) in [6.07, 6.45) is 0. The van der Waals surface area contributed by atoms with Gasteiger partial charge in [0.05, 0.1) is 0 Å². The van der Waals surface area contributed by atoms with Crippen LogP contribution >= 0.6 is 15.9 Å². The molecule has 0 aromatic heterocycles. The quantitative estimate of drug-likeness (QED) is 0.769. The Hall–Kier alpha value is -1.89. The van der Waals surface area contributed by atoms with Crippen molar-refractivity contribution in [3.8, 4) is 0 Å². The van der Waals surface area contributed by atoms with Crippen LogP contribution in [0.3, 0.4) is 0 Å². The molecule has 0 atom stereocenters. The van der Waals surface area contributed by atoms with Gasteiger partial charge in [0, 0.05) is 17.1 Å². The molecule has 0 aliphatic rings. The number of nitrogens with one attached hydrogen (secondary N) is 2. The molecular formula is C12H13BrN2O4. The Morgan fingerprint density at radius 1 is 1.32 bits per heavy atom. The number of carbonyl (C=O) groups is 3. The van der Waals surface area contributed by atoms with Gasteiger partial charge in [0.1, 0.15) is 6.54 Å². The van der Waals surface area contributed by atoms with E-state index in [1.54, 1.807) is 24.3 Å². The van der Waals surface area contributed by atoms with Gasteiger partial charge in [0.25, 0.3) is 11.8 Å². The van der Waals surface area contributed by atoms with Gasteiger partial charge in [-0.05, 0) is 18.2 Å². The molecule has 1 rings (SSSR count). The van der Waals surface area contributed by atoms with Gasteiger partial charge in [-0.3, -0.25) is 14.4 Å². The zero-order valence-electron chi connectivity index (χ0n) is 10.2. The van der Waals surface area contributed by atoms with Crippen molar-refractivity contribution in [3.63, 3.8) is 0 Å². The van der Waals surface area contributed by atoms with Crippen LogP contribution in [0.5, 0.6) is 0 Å². The maximum atomic E-state index is 11.7. The molecule has 0 unspecified atom stereocenters. The number of amides is 2. The van der Waals surface area contributed by atoms with Gasteiger partial charge in [-0.15, -0.1) is 0 Å². The topological polar surface area (TPSA) is 84.5 Å². The van der Waals surface area contributed by atoms with Crippen LogP contribution in [0.2, 0.25) is 0 Å². The highest BCUT2D eigenvalue weighted by Gasteiger charge is 2.10. The summed E-state index contributed by atoms with van der Waals surface area (Å²) < 4.78 is 5.40. The fourth-order valence-corrected chi connectivity index (χ4v) is 1.55. The summed E-state index contributed by atoms with van der Waals surface area (Å²) in [5, 5.41) is 4.71. The summed E-state index contributed by atoms with van der Waals surface area (Å²) in [6.45, 7) is -0.648. The maximum absolute atomic E-state index is 11.7. The van der Waals surface area contributed by atoms with Gasteiger partial charge >= 0.3 is 5.97 Å². The molecular weight excluding hydrogens is 316 g/mol. The Bertz CT molecular complexity index is 490. The fourth-order valence-electron chi connectivity index (χ4n) is 1.15. The minimum absolute atomic E-state index is 0.289. The third-order valence-corrected chi connectivity index (χ3v) is 2.62. The Balaban J connectivity index is 2.38. The molecule has 0 saturated heterocycles. The number of hydrogen-bond acceptors (Lipinski definition) is 4. The lowest BCUT2D eigenvalue weighted by atomic mass is 10.2. The molecule has 0 heterocycles. The van der Waals surface area contributed by atoms with E-state index in [0.29, 0.717) is 5.56 Å². The fraction of sp³-hybridized carbons (Fsp3) is 0.250. The number of likely N-dealkylation sites (N-methyl/N-ethyl adjacent to an activating group) is 1. The van der Waals surface area contributed by atoms with Crippen molar-refractivity contribution in [1.82, 2.24) is 10.6 Å². The third-order valence-electron chi connectivity index (χ3n) is 2.12. The number of hydrogen-bond donors (Lipinski definition) is 2. The third kappa shape index (κ3) is 5.52. The second-order valence-electron chi connectivity index (χ2n) is 3.53.